The fourth-order valence-corrected chi connectivity index (χ4v) is 2.24. The molecule has 96 valence electrons. The third-order valence-electron chi connectivity index (χ3n) is 2.16. The van der Waals surface area contributed by atoms with Crippen molar-refractivity contribution in [2.45, 2.75) is 19.7 Å². The van der Waals surface area contributed by atoms with E-state index in [1.54, 1.807) is 0 Å². The maximum atomic E-state index is 12.5. The predicted molar refractivity (Wildman–Crippen MR) is 60.1 cm³/mol. The third kappa shape index (κ3) is 2.79. The number of rotatable bonds is 2. The van der Waals surface area contributed by atoms with Gasteiger partial charge in [-0.05, 0) is 18.2 Å². The van der Waals surface area contributed by atoms with Crippen LogP contribution in [-0.2, 0) is 22.3 Å². The van der Waals surface area contributed by atoms with Crippen molar-refractivity contribution in [3.05, 3.63) is 28.8 Å². The molecule has 18 heavy (non-hydrogen) atoms. The Kier molecular flexibility index (Phi) is 3.25. The van der Waals surface area contributed by atoms with E-state index in [0.717, 1.165) is 12.1 Å². The van der Waals surface area contributed by atoms with E-state index in [2.05, 4.69) is 4.98 Å². The molecule has 0 unspecified atom stereocenters. The van der Waals surface area contributed by atoms with Crippen molar-refractivity contribution in [2.75, 3.05) is 0 Å². The van der Waals surface area contributed by atoms with Crippen LogP contribution >= 0.6 is 11.3 Å². The Morgan fingerprint density at radius 2 is 2.17 bits per heavy atom. The molecule has 1 heterocycles. The first kappa shape index (κ1) is 12.8. The predicted octanol–water partition coefficient (Wildman–Crippen LogP) is 3.38. The summed E-state index contributed by atoms with van der Waals surface area (Å²) < 4.78 is 42.8. The average molecular weight is 275 g/mol. The van der Waals surface area contributed by atoms with E-state index in [9.17, 15) is 18.0 Å². The molecule has 0 bridgehead atoms. The minimum atomic E-state index is -4.38. The molecule has 0 saturated heterocycles. The van der Waals surface area contributed by atoms with Gasteiger partial charge in [-0.2, -0.15) is 13.2 Å². The summed E-state index contributed by atoms with van der Waals surface area (Å²) in [5.41, 5.74) is -0.476. The molecular weight excluding hydrogens is 267 g/mol. The third-order valence-corrected chi connectivity index (χ3v) is 3.17. The molecule has 0 aliphatic heterocycles. The van der Waals surface area contributed by atoms with Gasteiger partial charge < -0.3 is 4.74 Å². The number of carbonyl (C=O) groups excluding carboxylic acids is 1. The van der Waals surface area contributed by atoms with Crippen LogP contribution in [0.1, 0.15) is 17.5 Å². The van der Waals surface area contributed by atoms with E-state index in [-0.39, 0.29) is 12.1 Å². The molecule has 0 N–H and O–H groups in total. The molecule has 0 aliphatic carbocycles. The first-order chi connectivity index (χ1) is 8.36. The second-order valence-electron chi connectivity index (χ2n) is 3.57. The Morgan fingerprint density at radius 3 is 2.78 bits per heavy atom. The van der Waals surface area contributed by atoms with Crippen LogP contribution in [0.2, 0.25) is 0 Å². The van der Waals surface area contributed by atoms with Crippen LogP contribution in [0, 0.1) is 0 Å². The Bertz CT molecular complexity index is 591. The number of carbonyl (C=O) groups is 1. The highest BCUT2D eigenvalue weighted by Gasteiger charge is 2.30. The fourth-order valence-electron chi connectivity index (χ4n) is 1.38. The van der Waals surface area contributed by atoms with E-state index in [0.29, 0.717) is 9.71 Å². The zero-order valence-electron chi connectivity index (χ0n) is 9.25. The summed E-state index contributed by atoms with van der Waals surface area (Å²) in [6, 6.07) is 3.37. The molecule has 0 spiro atoms. The molecular formula is C11H8F3NO2S. The van der Waals surface area contributed by atoms with Gasteiger partial charge in [-0.15, -0.1) is 11.3 Å². The van der Waals surface area contributed by atoms with Gasteiger partial charge in [-0.1, -0.05) is 0 Å². The van der Waals surface area contributed by atoms with Gasteiger partial charge in [0.15, 0.2) is 0 Å². The molecule has 0 saturated carbocycles. The van der Waals surface area contributed by atoms with E-state index >= 15 is 0 Å². The van der Waals surface area contributed by atoms with Crippen molar-refractivity contribution < 1.29 is 22.7 Å². The number of halogens is 3. The zero-order valence-corrected chi connectivity index (χ0v) is 10.1. The topological polar surface area (TPSA) is 39.2 Å². The highest BCUT2D eigenvalue weighted by molar-refractivity contribution is 7.18. The molecule has 0 amide bonds. The summed E-state index contributed by atoms with van der Waals surface area (Å²) in [6.07, 6.45) is -4.38. The van der Waals surface area contributed by atoms with Gasteiger partial charge in [0.25, 0.3) is 0 Å². The molecule has 1 aromatic heterocycles. The molecule has 2 aromatic rings. The second-order valence-corrected chi connectivity index (χ2v) is 4.68. The van der Waals surface area contributed by atoms with Crippen LogP contribution < -0.4 is 0 Å². The SMILES string of the molecule is CC(=O)OCc1nc2cc(C(F)(F)F)ccc2s1. The second kappa shape index (κ2) is 4.56. The van der Waals surface area contributed by atoms with Gasteiger partial charge in [0, 0.05) is 6.92 Å². The van der Waals surface area contributed by atoms with Crippen molar-refractivity contribution in [3.63, 3.8) is 0 Å². The lowest BCUT2D eigenvalue weighted by molar-refractivity contribution is -0.142. The number of thiazole rings is 1. The fraction of sp³-hybridized carbons (Fsp3) is 0.273. The molecule has 0 aliphatic rings. The number of hydrogen-bond acceptors (Lipinski definition) is 4. The van der Waals surface area contributed by atoms with Crippen LogP contribution in [0.5, 0.6) is 0 Å². The minimum absolute atomic E-state index is 0.0178. The van der Waals surface area contributed by atoms with E-state index in [1.807, 2.05) is 0 Å². The first-order valence-corrected chi connectivity index (χ1v) is 5.78. The lowest BCUT2D eigenvalue weighted by atomic mass is 10.2. The van der Waals surface area contributed by atoms with Crippen molar-refractivity contribution in [3.8, 4) is 0 Å². The number of fused-ring (bicyclic) bond motifs is 1. The molecule has 2 rings (SSSR count). The summed E-state index contributed by atoms with van der Waals surface area (Å²) in [5.74, 6) is -0.453. The zero-order chi connectivity index (χ0) is 13.3. The number of hydrogen-bond donors (Lipinski definition) is 0. The summed E-state index contributed by atoms with van der Waals surface area (Å²) in [5, 5.41) is 0.472. The van der Waals surface area contributed by atoms with Crippen LogP contribution in [-0.4, -0.2) is 11.0 Å². The molecule has 0 fully saturated rings. The average Bonchev–Trinajstić information content (AvgIpc) is 2.66. The van der Waals surface area contributed by atoms with Crippen LogP contribution in [0.3, 0.4) is 0 Å². The normalized spacial score (nSPS) is 11.8. The summed E-state index contributed by atoms with van der Waals surface area (Å²) >= 11 is 1.20. The van der Waals surface area contributed by atoms with Crippen molar-refractivity contribution in [2.24, 2.45) is 0 Å². The quantitative estimate of drug-likeness (QED) is 0.789. The van der Waals surface area contributed by atoms with E-state index in [4.69, 9.17) is 4.74 Å². The van der Waals surface area contributed by atoms with E-state index in [1.165, 1.54) is 24.3 Å². The highest BCUT2D eigenvalue weighted by Crippen LogP contribution is 2.32. The van der Waals surface area contributed by atoms with Gasteiger partial charge >= 0.3 is 12.1 Å². The van der Waals surface area contributed by atoms with Gasteiger partial charge in [-0.3, -0.25) is 4.79 Å². The maximum Gasteiger partial charge on any atom is 0.416 e. The summed E-state index contributed by atoms with van der Waals surface area (Å²) in [6.45, 7) is 1.24. The van der Waals surface area contributed by atoms with Gasteiger partial charge in [0.05, 0.1) is 15.8 Å². The largest absolute Gasteiger partial charge is 0.458 e. The first-order valence-electron chi connectivity index (χ1n) is 4.96. The Hall–Kier alpha value is -1.63. The number of nitrogens with zero attached hydrogens (tertiary/aromatic N) is 1. The maximum absolute atomic E-state index is 12.5. The summed E-state index contributed by atoms with van der Waals surface area (Å²) in [4.78, 5) is 14.6. The van der Waals surface area contributed by atoms with E-state index < -0.39 is 17.7 Å². The summed E-state index contributed by atoms with van der Waals surface area (Å²) in [7, 11) is 0. The molecule has 3 nitrogen and oxygen atoms in total. The van der Waals surface area contributed by atoms with Crippen LogP contribution in [0.15, 0.2) is 18.2 Å². The Labute approximate surface area is 104 Å². The van der Waals surface area contributed by atoms with Gasteiger partial charge in [-0.25, -0.2) is 4.98 Å². The van der Waals surface area contributed by atoms with Crippen molar-refractivity contribution in [1.29, 1.82) is 0 Å². The monoisotopic (exact) mass is 275 g/mol. The number of aromatic nitrogens is 1. The molecule has 0 radical (unpaired) electrons. The lowest BCUT2D eigenvalue weighted by Crippen LogP contribution is -2.04. The number of ether oxygens (including phenoxy) is 1. The van der Waals surface area contributed by atoms with Crippen LogP contribution in [0.4, 0.5) is 13.2 Å². The van der Waals surface area contributed by atoms with Crippen molar-refractivity contribution >= 4 is 27.5 Å². The number of benzene rings is 1. The lowest BCUT2D eigenvalue weighted by Gasteiger charge is -2.04. The minimum Gasteiger partial charge on any atom is -0.458 e. The number of alkyl halides is 3. The Balaban J connectivity index is 2.31. The highest BCUT2D eigenvalue weighted by atomic mass is 32.1. The van der Waals surface area contributed by atoms with Crippen LogP contribution in [0.25, 0.3) is 10.2 Å². The van der Waals surface area contributed by atoms with Gasteiger partial charge in [0.2, 0.25) is 0 Å². The van der Waals surface area contributed by atoms with Gasteiger partial charge in [0.1, 0.15) is 11.6 Å². The molecule has 1 aromatic carbocycles. The smallest absolute Gasteiger partial charge is 0.416 e. The molecule has 7 heteroatoms. The number of esters is 1. The Morgan fingerprint density at radius 1 is 1.44 bits per heavy atom. The standard InChI is InChI=1S/C11H8F3NO2S/c1-6(16)17-5-10-15-8-4-7(11(12,13)14)2-3-9(8)18-10/h2-4H,5H2,1H3. The molecule has 0 atom stereocenters. The van der Waals surface area contributed by atoms with Crippen molar-refractivity contribution in [1.82, 2.24) is 4.98 Å².